The van der Waals surface area contributed by atoms with E-state index in [2.05, 4.69) is 31.9 Å². The first kappa shape index (κ1) is 22.4. The minimum absolute atomic E-state index is 0.153. The maximum atomic E-state index is 12.5. The normalized spacial score (nSPS) is 15.5. The summed E-state index contributed by atoms with van der Waals surface area (Å²) in [4.78, 5) is 47.9. The van der Waals surface area contributed by atoms with E-state index in [1.807, 2.05) is 0 Å². The Labute approximate surface area is 181 Å². The molecule has 28 heavy (non-hydrogen) atoms. The molecule has 0 aromatic heterocycles. The van der Waals surface area contributed by atoms with Crippen molar-refractivity contribution in [2.75, 3.05) is 13.2 Å². The van der Waals surface area contributed by atoms with Gasteiger partial charge in [-0.2, -0.15) is 0 Å². The van der Waals surface area contributed by atoms with E-state index in [0.29, 0.717) is 20.3 Å². The molecule has 0 radical (unpaired) electrons. The van der Waals surface area contributed by atoms with Crippen LogP contribution in [-0.2, 0) is 19.1 Å². The van der Waals surface area contributed by atoms with Gasteiger partial charge in [0.15, 0.2) is 6.61 Å². The largest absolute Gasteiger partial charge is 0.480 e. The summed E-state index contributed by atoms with van der Waals surface area (Å²) >= 11 is 7.29. The van der Waals surface area contributed by atoms with Crippen molar-refractivity contribution in [3.05, 3.63) is 31.5 Å². The highest BCUT2D eigenvalue weighted by Crippen LogP contribution is 2.37. The molecule has 0 aliphatic carbocycles. The van der Waals surface area contributed by atoms with Crippen LogP contribution in [-0.4, -0.2) is 52.3 Å². The van der Waals surface area contributed by atoms with E-state index in [4.69, 9.17) is 14.6 Å². The molecule has 0 atom stereocenters. The van der Waals surface area contributed by atoms with Crippen LogP contribution in [0.4, 0.5) is 4.79 Å². The lowest BCUT2D eigenvalue weighted by Crippen LogP contribution is -2.35. The number of nitrogens with zero attached hydrogens (tertiary/aromatic N) is 1. The van der Waals surface area contributed by atoms with Crippen molar-refractivity contribution in [3.8, 4) is 5.75 Å². The van der Waals surface area contributed by atoms with E-state index < -0.39 is 36.2 Å². The highest BCUT2D eigenvalue weighted by molar-refractivity contribution is 9.11. The van der Waals surface area contributed by atoms with Crippen LogP contribution in [0, 0.1) is 0 Å². The SMILES string of the molecule is CC(C)OC(=O)CN1C(=O)S/C(=C/c2cc(Br)c(OCC(=O)O)c(Br)c2)C1=O. The lowest BCUT2D eigenvalue weighted by atomic mass is 10.2. The van der Waals surface area contributed by atoms with E-state index in [1.165, 1.54) is 6.08 Å². The summed E-state index contributed by atoms with van der Waals surface area (Å²) in [6.07, 6.45) is 1.15. The number of imide groups is 1. The van der Waals surface area contributed by atoms with E-state index in [-0.39, 0.29) is 11.0 Å². The third-order valence-corrected chi connectivity index (χ3v) is 5.27. The Morgan fingerprint density at radius 1 is 1.25 bits per heavy atom. The topological polar surface area (TPSA) is 110 Å². The first-order valence-electron chi connectivity index (χ1n) is 7.87. The summed E-state index contributed by atoms with van der Waals surface area (Å²) in [5, 5.41) is 8.16. The molecule has 0 spiro atoms. The van der Waals surface area contributed by atoms with Crippen molar-refractivity contribution in [1.82, 2.24) is 4.90 Å². The average Bonchev–Trinajstić information content (AvgIpc) is 2.80. The van der Waals surface area contributed by atoms with Crippen LogP contribution in [0.1, 0.15) is 19.4 Å². The molecule has 11 heteroatoms. The molecule has 0 saturated carbocycles. The summed E-state index contributed by atoms with van der Waals surface area (Å²) in [5.74, 6) is -2.07. The van der Waals surface area contributed by atoms with Crippen LogP contribution in [0.2, 0.25) is 0 Å². The molecular formula is C17H15Br2NO7S. The average molecular weight is 537 g/mol. The second-order valence-corrected chi connectivity index (χ2v) is 8.50. The number of rotatable bonds is 7. The lowest BCUT2D eigenvalue weighted by molar-refractivity contribution is -0.149. The summed E-state index contributed by atoms with van der Waals surface area (Å²) in [5.41, 5.74) is 0.566. The molecule has 1 aromatic carbocycles. The number of esters is 1. The fourth-order valence-electron chi connectivity index (χ4n) is 2.15. The van der Waals surface area contributed by atoms with E-state index >= 15 is 0 Å². The Kier molecular flexibility index (Phi) is 7.67. The Bertz CT molecular complexity index is 846. The number of hydrogen-bond acceptors (Lipinski definition) is 7. The van der Waals surface area contributed by atoms with Gasteiger partial charge < -0.3 is 14.6 Å². The zero-order valence-corrected chi connectivity index (χ0v) is 18.7. The van der Waals surface area contributed by atoms with Gasteiger partial charge in [-0.1, -0.05) is 0 Å². The van der Waals surface area contributed by atoms with E-state index in [1.54, 1.807) is 26.0 Å². The monoisotopic (exact) mass is 535 g/mol. The van der Waals surface area contributed by atoms with Crippen molar-refractivity contribution in [1.29, 1.82) is 0 Å². The maximum Gasteiger partial charge on any atom is 0.341 e. The van der Waals surface area contributed by atoms with Crippen molar-refractivity contribution < 1.29 is 33.8 Å². The molecular weight excluding hydrogens is 522 g/mol. The number of halogens is 2. The Hall–Kier alpha value is -1.85. The van der Waals surface area contributed by atoms with Gasteiger partial charge in [-0.3, -0.25) is 19.3 Å². The van der Waals surface area contributed by atoms with Gasteiger partial charge in [0.2, 0.25) is 0 Å². The number of ether oxygens (including phenoxy) is 2. The molecule has 150 valence electrons. The predicted octanol–water partition coefficient (Wildman–Crippen LogP) is 3.66. The minimum Gasteiger partial charge on any atom is -0.480 e. The molecule has 1 heterocycles. The molecule has 2 amide bonds. The minimum atomic E-state index is -1.12. The quantitative estimate of drug-likeness (QED) is 0.415. The number of thioether (sulfide) groups is 1. The zero-order chi connectivity index (χ0) is 21.0. The second kappa shape index (κ2) is 9.57. The predicted molar refractivity (Wildman–Crippen MR) is 109 cm³/mol. The number of hydrogen-bond donors (Lipinski definition) is 1. The Balaban J connectivity index is 2.19. The van der Waals surface area contributed by atoms with Gasteiger partial charge in [-0.15, -0.1) is 0 Å². The van der Waals surface area contributed by atoms with E-state index in [9.17, 15) is 19.2 Å². The van der Waals surface area contributed by atoms with Gasteiger partial charge >= 0.3 is 11.9 Å². The number of carbonyl (C=O) groups excluding carboxylic acids is 3. The number of benzene rings is 1. The van der Waals surface area contributed by atoms with Crippen molar-refractivity contribution in [2.45, 2.75) is 20.0 Å². The number of carboxylic acid groups (broad SMARTS) is 1. The van der Waals surface area contributed by atoms with Crippen molar-refractivity contribution in [2.24, 2.45) is 0 Å². The first-order chi connectivity index (χ1) is 13.1. The molecule has 1 aromatic rings. The summed E-state index contributed by atoms with van der Waals surface area (Å²) in [6, 6.07) is 3.23. The van der Waals surface area contributed by atoms with Crippen LogP contribution < -0.4 is 4.74 Å². The highest BCUT2D eigenvalue weighted by atomic mass is 79.9. The van der Waals surface area contributed by atoms with Gasteiger partial charge in [0.05, 0.1) is 20.0 Å². The Morgan fingerprint density at radius 3 is 2.39 bits per heavy atom. The van der Waals surface area contributed by atoms with Crippen molar-refractivity contribution in [3.63, 3.8) is 0 Å². The van der Waals surface area contributed by atoms with Crippen LogP contribution in [0.25, 0.3) is 6.08 Å². The zero-order valence-electron chi connectivity index (χ0n) is 14.7. The van der Waals surface area contributed by atoms with Crippen LogP contribution >= 0.6 is 43.6 Å². The van der Waals surface area contributed by atoms with Crippen LogP contribution in [0.15, 0.2) is 26.0 Å². The third-order valence-electron chi connectivity index (χ3n) is 3.19. The first-order valence-corrected chi connectivity index (χ1v) is 10.3. The molecule has 1 N–H and O–H groups in total. The molecule has 0 unspecified atom stereocenters. The molecule has 8 nitrogen and oxygen atoms in total. The molecule has 1 aliphatic heterocycles. The summed E-state index contributed by atoms with van der Waals surface area (Å²) in [6.45, 7) is 2.38. The molecule has 1 fully saturated rings. The van der Waals surface area contributed by atoms with Crippen LogP contribution in [0.3, 0.4) is 0 Å². The maximum absolute atomic E-state index is 12.5. The Morgan fingerprint density at radius 2 is 1.86 bits per heavy atom. The van der Waals surface area contributed by atoms with E-state index in [0.717, 1.165) is 16.7 Å². The summed E-state index contributed by atoms with van der Waals surface area (Å²) in [7, 11) is 0. The summed E-state index contributed by atoms with van der Waals surface area (Å²) < 4.78 is 11.1. The molecule has 1 saturated heterocycles. The number of carbonyl (C=O) groups is 4. The number of carboxylic acids is 1. The smallest absolute Gasteiger partial charge is 0.341 e. The lowest BCUT2D eigenvalue weighted by Gasteiger charge is -2.13. The highest BCUT2D eigenvalue weighted by Gasteiger charge is 2.36. The van der Waals surface area contributed by atoms with Crippen molar-refractivity contribution >= 4 is 72.8 Å². The second-order valence-electron chi connectivity index (χ2n) is 5.80. The van der Waals surface area contributed by atoms with Gasteiger partial charge in [-0.05, 0) is 81.2 Å². The molecule has 1 aliphatic rings. The fraction of sp³-hybridized carbons (Fsp3) is 0.294. The van der Waals surface area contributed by atoms with Crippen LogP contribution in [0.5, 0.6) is 5.75 Å². The third kappa shape index (κ3) is 5.82. The van der Waals surface area contributed by atoms with Gasteiger partial charge in [0.1, 0.15) is 12.3 Å². The van der Waals surface area contributed by atoms with Gasteiger partial charge in [0.25, 0.3) is 11.1 Å². The van der Waals surface area contributed by atoms with Gasteiger partial charge in [0, 0.05) is 0 Å². The molecule has 0 bridgehead atoms. The van der Waals surface area contributed by atoms with Gasteiger partial charge in [-0.25, -0.2) is 4.79 Å². The standard InChI is InChI=1S/C17H15Br2NO7S/c1-8(2)27-14(23)6-20-16(24)12(28-17(20)25)5-9-3-10(18)15(11(19)4-9)26-7-13(21)22/h3-5,8H,6-7H2,1-2H3,(H,21,22)/b12-5+. The number of aliphatic carboxylic acids is 1. The number of amides is 2. The molecule has 2 rings (SSSR count). The fourth-order valence-corrected chi connectivity index (χ4v) is 4.44.